The Labute approximate surface area is 125 Å². The van der Waals surface area contributed by atoms with Crippen LogP contribution in [0.25, 0.3) is 0 Å². The van der Waals surface area contributed by atoms with Crippen LogP contribution in [0.4, 0.5) is 0 Å². The van der Waals surface area contributed by atoms with E-state index in [1.807, 2.05) is 38.1 Å². The van der Waals surface area contributed by atoms with E-state index in [1.54, 1.807) is 0 Å². The molecule has 2 atom stereocenters. The van der Waals surface area contributed by atoms with Crippen LogP contribution in [0, 0.1) is 0 Å². The molecule has 0 aliphatic carbocycles. The minimum atomic E-state index is -0.359. The van der Waals surface area contributed by atoms with Crippen LogP contribution in [0.1, 0.15) is 32.3 Å². The SMILES string of the molecule is CC(C)Oc1ccc(CNC(=O)[C@@H]2CC[C@H](CN)O2)cc1. The maximum atomic E-state index is 12.0. The number of amides is 1. The van der Waals surface area contributed by atoms with Gasteiger partial charge in [-0.15, -0.1) is 0 Å². The fourth-order valence-corrected chi connectivity index (χ4v) is 2.33. The molecule has 1 amide bonds. The van der Waals surface area contributed by atoms with Gasteiger partial charge in [-0.25, -0.2) is 0 Å². The first kappa shape index (κ1) is 15.8. The minimum Gasteiger partial charge on any atom is -0.491 e. The van der Waals surface area contributed by atoms with Crippen molar-refractivity contribution in [2.24, 2.45) is 5.73 Å². The van der Waals surface area contributed by atoms with E-state index in [1.165, 1.54) is 0 Å². The zero-order valence-corrected chi connectivity index (χ0v) is 12.7. The summed E-state index contributed by atoms with van der Waals surface area (Å²) in [5.74, 6) is 0.776. The summed E-state index contributed by atoms with van der Waals surface area (Å²) >= 11 is 0. The van der Waals surface area contributed by atoms with Gasteiger partial charge < -0.3 is 20.5 Å². The molecule has 0 bridgehead atoms. The molecule has 1 saturated heterocycles. The fraction of sp³-hybridized carbons (Fsp3) is 0.562. The molecule has 1 heterocycles. The van der Waals surface area contributed by atoms with Crippen LogP contribution in [0.3, 0.4) is 0 Å². The van der Waals surface area contributed by atoms with Gasteiger partial charge in [0.2, 0.25) is 5.91 Å². The van der Waals surface area contributed by atoms with Crippen LogP contribution in [-0.4, -0.2) is 30.8 Å². The molecule has 5 nitrogen and oxygen atoms in total. The maximum absolute atomic E-state index is 12.0. The number of carbonyl (C=O) groups is 1. The van der Waals surface area contributed by atoms with Crippen LogP contribution in [-0.2, 0) is 16.1 Å². The summed E-state index contributed by atoms with van der Waals surface area (Å²) in [4.78, 5) is 12.0. The second-order valence-corrected chi connectivity index (χ2v) is 5.59. The molecule has 2 rings (SSSR count). The molecule has 1 aromatic rings. The van der Waals surface area contributed by atoms with Crippen molar-refractivity contribution in [3.63, 3.8) is 0 Å². The van der Waals surface area contributed by atoms with Crippen LogP contribution >= 0.6 is 0 Å². The third-order valence-corrected chi connectivity index (χ3v) is 3.42. The van der Waals surface area contributed by atoms with Gasteiger partial charge in [-0.05, 0) is 44.4 Å². The molecule has 0 unspecified atom stereocenters. The lowest BCUT2D eigenvalue weighted by Crippen LogP contribution is -2.35. The average Bonchev–Trinajstić information content (AvgIpc) is 2.94. The van der Waals surface area contributed by atoms with Gasteiger partial charge >= 0.3 is 0 Å². The molecule has 21 heavy (non-hydrogen) atoms. The van der Waals surface area contributed by atoms with E-state index in [0.717, 1.165) is 24.2 Å². The molecule has 0 spiro atoms. The van der Waals surface area contributed by atoms with E-state index in [0.29, 0.717) is 13.1 Å². The van der Waals surface area contributed by atoms with Gasteiger partial charge in [0.15, 0.2) is 0 Å². The van der Waals surface area contributed by atoms with Gasteiger partial charge in [-0.1, -0.05) is 12.1 Å². The van der Waals surface area contributed by atoms with Gasteiger partial charge in [-0.3, -0.25) is 4.79 Å². The van der Waals surface area contributed by atoms with Gasteiger partial charge in [-0.2, -0.15) is 0 Å². The van der Waals surface area contributed by atoms with E-state index in [9.17, 15) is 4.79 Å². The van der Waals surface area contributed by atoms with Crippen molar-refractivity contribution in [1.29, 1.82) is 0 Å². The lowest BCUT2D eigenvalue weighted by atomic mass is 10.1. The molecule has 1 aromatic carbocycles. The summed E-state index contributed by atoms with van der Waals surface area (Å²) in [6, 6.07) is 7.74. The average molecular weight is 292 g/mol. The topological polar surface area (TPSA) is 73.6 Å². The van der Waals surface area contributed by atoms with Crippen LogP contribution in [0.5, 0.6) is 5.75 Å². The number of hydrogen-bond acceptors (Lipinski definition) is 4. The Morgan fingerprint density at radius 3 is 2.67 bits per heavy atom. The van der Waals surface area contributed by atoms with E-state index < -0.39 is 0 Å². The Morgan fingerprint density at radius 2 is 2.10 bits per heavy atom. The zero-order chi connectivity index (χ0) is 15.2. The molecule has 116 valence electrons. The summed E-state index contributed by atoms with van der Waals surface area (Å²) in [5, 5.41) is 2.90. The van der Waals surface area contributed by atoms with E-state index in [4.69, 9.17) is 15.2 Å². The summed E-state index contributed by atoms with van der Waals surface area (Å²) in [5.41, 5.74) is 6.58. The molecule has 0 aromatic heterocycles. The number of ether oxygens (including phenoxy) is 2. The molecular formula is C16H24N2O3. The summed E-state index contributed by atoms with van der Waals surface area (Å²) in [6.07, 6.45) is 1.42. The minimum absolute atomic E-state index is 0.0215. The molecule has 1 aliphatic rings. The number of hydrogen-bond donors (Lipinski definition) is 2. The van der Waals surface area contributed by atoms with Crippen molar-refractivity contribution in [2.45, 2.75) is 51.5 Å². The second kappa shape index (κ2) is 7.43. The maximum Gasteiger partial charge on any atom is 0.249 e. The highest BCUT2D eigenvalue weighted by molar-refractivity contribution is 5.81. The highest BCUT2D eigenvalue weighted by Crippen LogP contribution is 2.19. The lowest BCUT2D eigenvalue weighted by molar-refractivity contribution is -0.132. The van der Waals surface area contributed by atoms with Crippen molar-refractivity contribution in [2.75, 3.05) is 6.54 Å². The highest BCUT2D eigenvalue weighted by atomic mass is 16.5. The molecule has 1 fully saturated rings. The number of benzene rings is 1. The Bertz CT molecular complexity index is 459. The predicted octanol–water partition coefficient (Wildman–Crippen LogP) is 1.60. The number of rotatable bonds is 6. The van der Waals surface area contributed by atoms with Crippen LogP contribution < -0.4 is 15.8 Å². The summed E-state index contributed by atoms with van der Waals surface area (Å²) < 4.78 is 11.1. The van der Waals surface area contributed by atoms with E-state index >= 15 is 0 Å². The van der Waals surface area contributed by atoms with Gasteiger partial charge in [0.25, 0.3) is 0 Å². The Balaban J connectivity index is 1.79. The van der Waals surface area contributed by atoms with Gasteiger partial charge in [0, 0.05) is 13.1 Å². The van der Waals surface area contributed by atoms with Crippen LogP contribution in [0.15, 0.2) is 24.3 Å². The second-order valence-electron chi connectivity index (χ2n) is 5.59. The quantitative estimate of drug-likeness (QED) is 0.835. The van der Waals surface area contributed by atoms with E-state index in [-0.39, 0.29) is 24.2 Å². The Morgan fingerprint density at radius 1 is 1.38 bits per heavy atom. The van der Waals surface area contributed by atoms with Crippen molar-refractivity contribution in [3.05, 3.63) is 29.8 Å². The lowest BCUT2D eigenvalue weighted by Gasteiger charge is -2.13. The zero-order valence-electron chi connectivity index (χ0n) is 12.7. The fourth-order valence-electron chi connectivity index (χ4n) is 2.33. The first-order valence-electron chi connectivity index (χ1n) is 7.47. The smallest absolute Gasteiger partial charge is 0.249 e. The van der Waals surface area contributed by atoms with Crippen molar-refractivity contribution in [1.82, 2.24) is 5.32 Å². The number of carbonyl (C=O) groups excluding carboxylic acids is 1. The van der Waals surface area contributed by atoms with Crippen molar-refractivity contribution < 1.29 is 14.3 Å². The predicted molar refractivity (Wildman–Crippen MR) is 81.0 cm³/mol. The van der Waals surface area contributed by atoms with Gasteiger partial charge in [0.05, 0.1) is 12.2 Å². The summed E-state index contributed by atoms with van der Waals surface area (Å²) in [7, 11) is 0. The third kappa shape index (κ3) is 4.72. The first-order chi connectivity index (χ1) is 10.1. The Hall–Kier alpha value is -1.59. The monoisotopic (exact) mass is 292 g/mol. The standard InChI is InChI=1S/C16H24N2O3/c1-11(2)20-13-5-3-12(4-6-13)10-18-16(19)15-8-7-14(9-17)21-15/h3-6,11,14-15H,7-10,17H2,1-2H3,(H,18,19)/t14-,15+/m1/s1. The van der Waals surface area contributed by atoms with Crippen molar-refractivity contribution >= 4 is 5.91 Å². The molecular weight excluding hydrogens is 268 g/mol. The largest absolute Gasteiger partial charge is 0.491 e. The summed E-state index contributed by atoms with van der Waals surface area (Å²) in [6.45, 7) is 4.95. The molecule has 1 aliphatic heterocycles. The first-order valence-corrected chi connectivity index (χ1v) is 7.47. The van der Waals surface area contributed by atoms with E-state index in [2.05, 4.69) is 5.32 Å². The van der Waals surface area contributed by atoms with Gasteiger partial charge in [0.1, 0.15) is 11.9 Å². The normalized spacial score (nSPS) is 21.5. The van der Waals surface area contributed by atoms with Crippen molar-refractivity contribution in [3.8, 4) is 5.75 Å². The number of nitrogens with two attached hydrogens (primary N) is 1. The molecule has 0 saturated carbocycles. The number of nitrogens with one attached hydrogen (secondary N) is 1. The molecule has 5 heteroatoms. The molecule has 0 radical (unpaired) electrons. The highest BCUT2D eigenvalue weighted by Gasteiger charge is 2.29. The Kier molecular flexibility index (Phi) is 5.59. The van der Waals surface area contributed by atoms with Crippen LogP contribution in [0.2, 0.25) is 0 Å². The third-order valence-electron chi connectivity index (χ3n) is 3.42. The molecule has 3 N–H and O–H groups in total.